The zero-order chi connectivity index (χ0) is 15.7. The van der Waals surface area contributed by atoms with Crippen LogP contribution in [0.15, 0.2) is 3.77 Å². The average Bonchev–Trinajstić information content (AvgIpc) is 2.30. The van der Waals surface area contributed by atoms with Gasteiger partial charge >= 0.3 is 24.6 Å². The van der Waals surface area contributed by atoms with Crippen molar-refractivity contribution in [1.29, 1.82) is 0 Å². The Kier molecular flexibility index (Phi) is 24.4. The minimum absolute atomic E-state index is 0. The van der Waals surface area contributed by atoms with Gasteiger partial charge in [0.15, 0.2) is 0 Å². The summed E-state index contributed by atoms with van der Waals surface area (Å²) < 4.78 is 95.5. The Morgan fingerprint density at radius 3 is 1.64 bits per heavy atom. The molecule has 0 saturated carbocycles. The Hall–Kier alpha value is 0.107. The molecule has 0 saturated heterocycles. The third-order valence-electron chi connectivity index (χ3n) is 1.57. The standard InChI is InChI=1S/C5H9F4NO4S2.C2H5F.2CH4.Li/c1-2-4(3-6)15(11,12)10-16(13,14-9)5(7)8;1-2-3;;;/h4-5H,2-3H2,1H3;2H2,1H3;2*1H4;/q;;;;+1. The van der Waals surface area contributed by atoms with Crippen LogP contribution in [0.5, 0.6) is 0 Å². The number of halogens is 5. The maximum atomic E-state index is 12.2. The third-order valence-corrected chi connectivity index (χ3v) is 5.17. The average molecular weight is 374 g/mol. The number of hydrogen-bond donors (Lipinski definition) is 0. The quantitative estimate of drug-likeness (QED) is 0.510. The van der Waals surface area contributed by atoms with Gasteiger partial charge in [-0.15, -0.1) is 0 Å². The maximum absolute atomic E-state index is 12.2. The van der Waals surface area contributed by atoms with Crippen molar-refractivity contribution >= 4 is 20.0 Å². The molecule has 0 bridgehead atoms. The Bertz CT molecular complexity index is 451. The summed E-state index contributed by atoms with van der Waals surface area (Å²) in [7, 11) is -10.1. The van der Waals surface area contributed by atoms with Crippen LogP contribution in [0.1, 0.15) is 35.1 Å². The summed E-state index contributed by atoms with van der Waals surface area (Å²) in [6.07, 6.45) is -0.284. The van der Waals surface area contributed by atoms with Crippen molar-refractivity contribution in [3.05, 3.63) is 0 Å². The molecule has 134 valence electrons. The smallest absolute Gasteiger partial charge is 0.251 e. The van der Waals surface area contributed by atoms with Crippen LogP contribution in [-0.2, 0) is 24.4 Å². The van der Waals surface area contributed by atoms with E-state index in [0.717, 1.165) is 0 Å². The molecule has 2 unspecified atom stereocenters. The van der Waals surface area contributed by atoms with Gasteiger partial charge < -0.3 is 0 Å². The number of alkyl halides is 4. The molecule has 13 heteroatoms. The van der Waals surface area contributed by atoms with Crippen LogP contribution in [0.4, 0.5) is 22.1 Å². The number of hydrogen-bond acceptors (Lipinski definition) is 4. The molecule has 0 amide bonds. The second-order valence-electron chi connectivity index (χ2n) is 2.88. The summed E-state index contributed by atoms with van der Waals surface area (Å²) in [5, 5.41) is -1.75. The molecule has 0 fully saturated rings. The summed E-state index contributed by atoms with van der Waals surface area (Å²) in [6.45, 7) is 1.05. The van der Waals surface area contributed by atoms with Crippen molar-refractivity contribution in [2.45, 2.75) is 46.1 Å². The maximum Gasteiger partial charge on any atom is 1.00 e. The molecule has 5 nitrogen and oxygen atoms in total. The van der Waals surface area contributed by atoms with Crippen LogP contribution in [0.2, 0.25) is 0 Å². The Morgan fingerprint density at radius 1 is 1.09 bits per heavy atom. The van der Waals surface area contributed by atoms with Crippen molar-refractivity contribution in [2.75, 3.05) is 13.3 Å². The van der Waals surface area contributed by atoms with Crippen LogP contribution in [0.3, 0.4) is 0 Å². The Labute approximate surface area is 141 Å². The molecule has 0 radical (unpaired) electrons. The first-order chi connectivity index (χ1) is 8.64. The van der Waals surface area contributed by atoms with Crippen LogP contribution in [-0.4, -0.2) is 37.0 Å². The molecule has 0 aliphatic heterocycles. The zero-order valence-electron chi connectivity index (χ0n) is 11.1. The van der Waals surface area contributed by atoms with Gasteiger partial charge in [-0.3, -0.25) is 4.39 Å². The van der Waals surface area contributed by atoms with Gasteiger partial charge in [0.25, 0.3) is 20.0 Å². The van der Waals surface area contributed by atoms with Crippen molar-refractivity contribution in [3.8, 4) is 0 Å². The number of rotatable bonds is 6. The van der Waals surface area contributed by atoms with E-state index in [9.17, 15) is 34.7 Å². The number of sulfonamides is 1. The fourth-order valence-electron chi connectivity index (χ4n) is 0.677. The Balaban J connectivity index is -0.000000148. The third kappa shape index (κ3) is 11.6. The summed E-state index contributed by atoms with van der Waals surface area (Å²) >= 11 is 0. The molecule has 0 aromatic heterocycles. The van der Waals surface area contributed by atoms with Gasteiger partial charge in [0.05, 0.1) is 6.67 Å². The van der Waals surface area contributed by atoms with Gasteiger partial charge in [-0.1, -0.05) is 29.9 Å². The molecule has 0 aliphatic rings. The van der Waals surface area contributed by atoms with Gasteiger partial charge in [-0.2, -0.15) is 8.78 Å². The van der Waals surface area contributed by atoms with E-state index in [1.54, 1.807) is 0 Å². The van der Waals surface area contributed by atoms with E-state index in [0.29, 0.717) is 0 Å². The first-order valence-electron chi connectivity index (χ1n) is 4.86. The molecular formula is C9H22F5LiNO4S2+. The second kappa shape index (κ2) is 16.0. The van der Waals surface area contributed by atoms with Crippen molar-refractivity contribution < 1.29 is 58.0 Å². The molecule has 0 spiro atoms. The largest absolute Gasteiger partial charge is 1.00 e. The van der Waals surface area contributed by atoms with Gasteiger partial charge in [-0.25, -0.2) is 17.0 Å². The second-order valence-corrected chi connectivity index (χ2v) is 6.69. The topological polar surface area (TPSA) is 72.8 Å². The molecule has 0 rings (SSSR count). The van der Waals surface area contributed by atoms with Crippen LogP contribution in [0, 0.1) is 0 Å². The monoisotopic (exact) mass is 374 g/mol. The van der Waals surface area contributed by atoms with E-state index in [4.69, 9.17) is 0 Å². The molecule has 0 heterocycles. The molecule has 0 aliphatic carbocycles. The Morgan fingerprint density at radius 2 is 1.45 bits per heavy atom. The van der Waals surface area contributed by atoms with Gasteiger partial charge in [0.2, 0.25) is 0 Å². The number of nitrogens with zero attached hydrogens (tertiary/aromatic N) is 1. The molecule has 0 aromatic carbocycles. The van der Waals surface area contributed by atoms with Gasteiger partial charge in [0.1, 0.15) is 11.9 Å². The summed E-state index contributed by atoms with van der Waals surface area (Å²) in [5.41, 5.74) is 0. The molecule has 2 atom stereocenters. The fraction of sp³-hybridized carbons (Fsp3) is 1.00. The molecule has 0 N–H and O–H groups in total. The van der Waals surface area contributed by atoms with E-state index >= 15 is 0 Å². The molecule has 22 heavy (non-hydrogen) atoms. The summed E-state index contributed by atoms with van der Waals surface area (Å²) in [6, 6.07) is 0. The first-order valence-corrected chi connectivity index (χ1v) is 7.87. The van der Waals surface area contributed by atoms with Crippen molar-refractivity contribution in [2.24, 2.45) is 3.77 Å². The van der Waals surface area contributed by atoms with E-state index in [-0.39, 0.29) is 46.8 Å². The molecule has 0 aromatic rings. The SMILES string of the molecule is C.C.CCC(CF)S(=O)(=O)N=S(=O)(OF)C(F)F.CCF.[Li+]. The summed E-state index contributed by atoms with van der Waals surface area (Å²) in [4.78, 5) is 0. The van der Waals surface area contributed by atoms with Crippen molar-refractivity contribution in [3.63, 3.8) is 0 Å². The zero-order valence-corrected chi connectivity index (χ0v) is 12.7. The van der Waals surface area contributed by atoms with E-state index in [1.807, 2.05) is 0 Å². The molecular weight excluding hydrogens is 352 g/mol. The normalized spacial score (nSPS) is 14.0. The van der Waals surface area contributed by atoms with Crippen LogP contribution < -0.4 is 18.9 Å². The van der Waals surface area contributed by atoms with Crippen LogP contribution in [0.25, 0.3) is 0 Å². The van der Waals surface area contributed by atoms with Crippen molar-refractivity contribution in [1.82, 2.24) is 0 Å². The van der Waals surface area contributed by atoms with Gasteiger partial charge in [0, 0.05) is 0 Å². The van der Waals surface area contributed by atoms with E-state index < -0.39 is 37.7 Å². The van der Waals surface area contributed by atoms with E-state index in [2.05, 4.69) is 8.16 Å². The van der Waals surface area contributed by atoms with E-state index in [1.165, 1.54) is 13.8 Å². The van der Waals surface area contributed by atoms with Crippen LogP contribution >= 0.6 is 0 Å². The fourth-order valence-corrected chi connectivity index (χ4v) is 3.31. The predicted molar refractivity (Wildman–Crippen MR) is 72.9 cm³/mol. The predicted octanol–water partition coefficient (Wildman–Crippen LogP) is 0.823. The minimum atomic E-state index is -5.30. The minimum Gasteiger partial charge on any atom is -0.251 e. The first kappa shape index (κ1) is 33.7. The summed E-state index contributed by atoms with van der Waals surface area (Å²) in [5.74, 6) is -3.95. The van der Waals surface area contributed by atoms with Gasteiger partial charge in [-0.05, 0) is 17.9 Å².